The first-order valence-electron chi connectivity index (χ1n) is 7.66. The second kappa shape index (κ2) is 7.53. The molecular formula is C13H15KN4O8S. The van der Waals surface area contributed by atoms with Gasteiger partial charge in [0.2, 0.25) is 10.4 Å². The summed E-state index contributed by atoms with van der Waals surface area (Å²) in [5.41, 5.74) is -0.0268. The molecule has 4 atom stereocenters. The molecule has 27 heavy (non-hydrogen) atoms. The number of aromatic nitrogens is 4. The number of nitrogens with one attached hydrogen (secondary N) is 1. The standard InChI is InChI=1S/C13H16N4O8S.K/c1-13(2)24-8-6(3-22-26(19,20)21)23-12(9(8)25-13)17-5-16-7-10(17)14-4-15-11(7)18;/h4-6,8-9,12H,3H2,1-2H3,(H,14,15,18)(H,19,20,21);/q;+1/p-1/t6-,8-,9-,12-;/m1./s1. The molecule has 0 amide bonds. The predicted molar refractivity (Wildman–Crippen MR) is 81.5 cm³/mol. The average molecular weight is 426 g/mol. The van der Waals surface area contributed by atoms with Crippen molar-refractivity contribution in [3.05, 3.63) is 23.0 Å². The van der Waals surface area contributed by atoms with E-state index < -0.39 is 52.9 Å². The number of imidazole rings is 1. The fourth-order valence-corrected chi connectivity index (χ4v) is 3.52. The van der Waals surface area contributed by atoms with E-state index in [-0.39, 0.29) is 62.5 Å². The predicted octanol–water partition coefficient (Wildman–Crippen LogP) is -3.98. The van der Waals surface area contributed by atoms with Crippen LogP contribution in [0.4, 0.5) is 0 Å². The SMILES string of the molecule is CC1(C)O[C@@H]2[C@H](O1)[C@@H](COS(=O)(=O)[O-])O[C@H]2n1cnc2c(=O)[nH]cnc21.[K+]. The van der Waals surface area contributed by atoms with Crippen molar-refractivity contribution < 1.29 is 82.7 Å². The maximum Gasteiger partial charge on any atom is 1.00 e. The van der Waals surface area contributed by atoms with Crippen LogP contribution >= 0.6 is 0 Å². The molecule has 0 unspecified atom stereocenters. The van der Waals surface area contributed by atoms with Gasteiger partial charge in [0.1, 0.15) is 18.3 Å². The van der Waals surface area contributed by atoms with Gasteiger partial charge in [-0.1, -0.05) is 0 Å². The van der Waals surface area contributed by atoms with E-state index in [0.29, 0.717) is 0 Å². The molecule has 0 bridgehead atoms. The van der Waals surface area contributed by atoms with E-state index in [1.165, 1.54) is 17.2 Å². The molecule has 2 aliphatic rings. The molecule has 142 valence electrons. The van der Waals surface area contributed by atoms with Crippen molar-refractivity contribution in [3.8, 4) is 0 Å². The van der Waals surface area contributed by atoms with E-state index in [0.717, 1.165) is 0 Å². The smallest absolute Gasteiger partial charge is 0.726 e. The first kappa shape index (κ1) is 21.4. The molecule has 4 rings (SSSR count). The minimum absolute atomic E-state index is 0. The van der Waals surface area contributed by atoms with Gasteiger partial charge in [0.25, 0.3) is 5.56 Å². The van der Waals surface area contributed by atoms with Crippen LogP contribution < -0.4 is 56.9 Å². The third-order valence-electron chi connectivity index (χ3n) is 4.14. The van der Waals surface area contributed by atoms with Crippen LogP contribution in [-0.2, 0) is 28.8 Å². The Kier molecular flexibility index (Phi) is 5.98. The molecule has 14 heteroatoms. The second-order valence-corrected chi connectivity index (χ2v) is 7.43. The first-order valence-corrected chi connectivity index (χ1v) is 8.99. The Morgan fingerprint density at radius 1 is 1.33 bits per heavy atom. The molecular weight excluding hydrogens is 411 g/mol. The van der Waals surface area contributed by atoms with Crippen molar-refractivity contribution in [2.45, 2.75) is 44.2 Å². The Hall–Kier alpha value is -0.264. The topological polar surface area (TPSA) is 158 Å². The van der Waals surface area contributed by atoms with E-state index in [2.05, 4.69) is 19.1 Å². The van der Waals surface area contributed by atoms with Crippen LogP contribution in [0.5, 0.6) is 0 Å². The van der Waals surface area contributed by atoms with Gasteiger partial charge in [-0.3, -0.25) is 13.5 Å². The van der Waals surface area contributed by atoms with Crippen LogP contribution in [0.3, 0.4) is 0 Å². The molecule has 2 aromatic rings. The number of hydrogen-bond acceptors (Lipinski definition) is 10. The zero-order chi connectivity index (χ0) is 18.7. The van der Waals surface area contributed by atoms with Crippen molar-refractivity contribution in [2.75, 3.05) is 6.61 Å². The molecule has 4 heterocycles. The van der Waals surface area contributed by atoms with Gasteiger partial charge in [0.15, 0.2) is 23.2 Å². The minimum atomic E-state index is -4.88. The van der Waals surface area contributed by atoms with E-state index in [1.807, 2.05) is 0 Å². The van der Waals surface area contributed by atoms with Gasteiger partial charge in [-0.05, 0) is 13.8 Å². The summed E-state index contributed by atoms with van der Waals surface area (Å²) in [5.74, 6) is -0.951. The number of fused-ring (bicyclic) bond motifs is 2. The summed E-state index contributed by atoms with van der Waals surface area (Å²) in [5, 5.41) is 0. The molecule has 1 N–H and O–H groups in total. The van der Waals surface area contributed by atoms with Crippen molar-refractivity contribution in [3.63, 3.8) is 0 Å². The largest absolute Gasteiger partial charge is 1.00 e. The Balaban J connectivity index is 0.00000210. The summed E-state index contributed by atoms with van der Waals surface area (Å²) < 4.78 is 55.5. The third-order valence-corrected chi connectivity index (χ3v) is 4.57. The van der Waals surface area contributed by atoms with Crippen LogP contribution in [0.25, 0.3) is 11.2 Å². The Morgan fingerprint density at radius 2 is 2.04 bits per heavy atom. The van der Waals surface area contributed by atoms with Gasteiger partial charge in [0, 0.05) is 0 Å². The Bertz CT molecular complexity index is 1010. The first-order chi connectivity index (χ1) is 12.1. The monoisotopic (exact) mass is 426 g/mol. The van der Waals surface area contributed by atoms with Crippen molar-refractivity contribution in [1.29, 1.82) is 0 Å². The van der Waals surface area contributed by atoms with Crippen LogP contribution in [0.2, 0.25) is 0 Å². The average Bonchev–Trinajstić information content (AvgIpc) is 3.16. The molecule has 2 fully saturated rings. The van der Waals surface area contributed by atoms with E-state index >= 15 is 0 Å². The van der Waals surface area contributed by atoms with Crippen LogP contribution in [0, 0.1) is 0 Å². The molecule has 2 aliphatic heterocycles. The zero-order valence-corrected chi connectivity index (χ0v) is 18.6. The van der Waals surface area contributed by atoms with E-state index in [4.69, 9.17) is 14.2 Å². The third kappa shape index (κ3) is 4.20. The number of aromatic amines is 1. The molecule has 12 nitrogen and oxygen atoms in total. The van der Waals surface area contributed by atoms with Gasteiger partial charge in [-0.2, -0.15) is 0 Å². The second-order valence-electron chi connectivity index (χ2n) is 6.38. The van der Waals surface area contributed by atoms with Crippen molar-refractivity contribution in [1.82, 2.24) is 19.5 Å². The summed E-state index contributed by atoms with van der Waals surface area (Å²) in [7, 11) is -4.88. The Morgan fingerprint density at radius 3 is 2.74 bits per heavy atom. The number of H-pyrrole nitrogens is 1. The summed E-state index contributed by atoms with van der Waals surface area (Å²) in [6.07, 6.45) is -0.409. The summed E-state index contributed by atoms with van der Waals surface area (Å²) in [6, 6.07) is 0. The Labute approximate surface area is 195 Å². The number of hydrogen-bond donors (Lipinski definition) is 1. The fraction of sp³-hybridized carbons (Fsp3) is 0.615. The van der Waals surface area contributed by atoms with E-state index in [9.17, 15) is 17.8 Å². The number of ether oxygens (including phenoxy) is 3. The normalized spacial score (nSPS) is 29.6. The quantitative estimate of drug-likeness (QED) is 0.290. The zero-order valence-electron chi connectivity index (χ0n) is 14.7. The fourth-order valence-electron chi connectivity index (χ4n) is 3.22. The van der Waals surface area contributed by atoms with Crippen molar-refractivity contribution in [2.24, 2.45) is 0 Å². The van der Waals surface area contributed by atoms with Crippen LogP contribution in [0.1, 0.15) is 20.1 Å². The summed E-state index contributed by atoms with van der Waals surface area (Å²) >= 11 is 0. The summed E-state index contributed by atoms with van der Waals surface area (Å²) in [4.78, 5) is 22.4. The minimum Gasteiger partial charge on any atom is -0.726 e. The number of rotatable bonds is 4. The maximum absolute atomic E-state index is 11.8. The van der Waals surface area contributed by atoms with Gasteiger partial charge < -0.3 is 23.7 Å². The number of nitrogens with zero attached hydrogens (tertiary/aromatic N) is 3. The molecule has 2 aromatic heterocycles. The van der Waals surface area contributed by atoms with Gasteiger partial charge in [0.05, 0.1) is 19.3 Å². The molecule has 0 saturated carbocycles. The van der Waals surface area contributed by atoms with Gasteiger partial charge in [-0.15, -0.1) is 0 Å². The maximum atomic E-state index is 11.8. The van der Waals surface area contributed by atoms with Crippen LogP contribution in [-0.4, -0.2) is 63.2 Å². The van der Waals surface area contributed by atoms with E-state index in [1.54, 1.807) is 13.8 Å². The molecule has 0 radical (unpaired) electrons. The van der Waals surface area contributed by atoms with Gasteiger partial charge in [-0.25, -0.2) is 18.4 Å². The molecule has 0 aliphatic carbocycles. The van der Waals surface area contributed by atoms with Crippen molar-refractivity contribution >= 4 is 21.6 Å². The molecule has 0 aromatic carbocycles. The van der Waals surface area contributed by atoms with Crippen LogP contribution in [0.15, 0.2) is 17.4 Å². The summed E-state index contributed by atoms with van der Waals surface area (Å²) in [6.45, 7) is 2.86. The molecule has 0 spiro atoms. The van der Waals surface area contributed by atoms with Gasteiger partial charge >= 0.3 is 51.4 Å². The molecule has 2 saturated heterocycles.